The van der Waals surface area contributed by atoms with Crippen molar-refractivity contribution in [2.45, 2.75) is 6.42 Å². The number of rotatable bonds is 5. The minimum absolute atomic E-state index is 0.789. The maximum Gasteiger partial charge on any atom is 0.126 e. The van der Waals surface area contributed by atoms with Gasteiger partial charge in [-0.3, -0.25) is 0 Å². The van der Waals surface area contributed by atoms with E-state index in [4.69, 9.17) is 4.74 Å². The van der Waals surface area contributed by atoms with Crippen LogP contribution in [0.15, 0.2) is 79.6 Å². The molecule has 0 aliphatic carbocycles. The van der Waals surface area contributed by atoms with Gasteiger partial charge in [-0.2, -0.15) is 0 Å². The van der Waals surface area contributed by atoms with Gasteiger partial charge in [0.1, 0.15) is 5.75 Å². The standard InChI is InChI=1S/C17H16O/c1-2-9-16(15-10-5-3-6-11-15)14-18-17-12-7-4-8-13-17/h2-8,10-14H,1,9H2/b16-14+. The van der Waals surface area contributed by atoms with Crippen LogP contribution in [-0.4, -0.2) is 0 Å². The van der Waals surface area contributed by atoms with E-state index in [1.54, 1.807) is 6.26 Å². The van der Waals surface area contributed by atoms with E-state index in [0.29, 0.717) is 0 Å². The molecule has 0 radical (unpaired) electrons. The molecule has 0 N–H and O–H groups in total. The lowest BCUT2D eigenvalue weighted by atomic mass is 10.0. The van der Waals surface area contributed by atoms with Gasteiger partial charge in [0.2, 0.25) is 0 Å². The molecule has 0 fully saturated rings. The van der Waals surface area contributed by atoms with Gasteiger partial charge in [0.05, 0.1) is 6.26 Å². The molecule has 2 aromatic carbocycles. The van der Waals surface area contributed by atoms with E-state index < -0.39 is 0 Å². The first kappa shape index (κ1) is 12.2. The summed E-state index contributed by atoms with van der Waals surface area (Å²) in [4.78, 5) is 0. The Balaban J connectivity index is 2.18. The second kappa shape index (κ2) is 6.45. The van der Waals surface area contributed by atoms with Crippen molar-refractivity contribution in [1.29, 1.82) is 0 Å². The highest BCUT2D eigenvalue weighted by atomic mass is 16.5. The molecule has 2 aromatic rings. The van der Waals surface area contributed by atoms with Crippen LogP contribution in [0.2, 0.25) is 0 Å². The third kappa shape index (κ3) is 3.36. The SMILES string of the molecule is C=CC/C(=C\Oc1ccccc1)c1ccccc1. The van der Waals surface area contributed by atoms with Crippen molar-refractivity contribution in [3.05, 3.63) is 85.1 Å². The molecular formula is C17H16O. The van der Waals surface area contributed by atoms with Crippen LogP contribution < -0.4 is 4.74 Å². The first-order valence-electron chi connectivity index (χ1n) is 5.97. The lowest BCUT2D eigenvalue weighted by molar-refractivity contribution is 0.482. The Morgan fingerprint density at radius 2 is 1.56 bits per heavy atom. The highest BCUT2D eigenvalue weighted by molar-refractivity contribution is 5.65. The maximum atomic E-state index is 5.67. The fourth-order valence-electron chi connectivity index (χ4n) is 1.68. The van der Waals surface area contributed by atoms with Crippen molar-refractivity contribution >= 4 is 5.57 Å². The smallest absolute Gasteiger partial charge is 0.126 e. The van der Waals surface area contributed by atoms with Gasteiger partial charge in [-0.25, -0.2) is 0 Å². The second-order valence-corrected chi connectivity index (χ2v) is 3.93. The molecule has 90 valence electrons. The fraction of sp³-hybridized carbons (Fsp3) is 0.0588. The molecule has 0 bridgehead atoms. The summed E-state index contributed by atoms with van der Waals surface area (Å²) < 4.78 is 5.67. The molecule has 0 saturated heterocycles. The third-order valence-electron chi connectivity index (χ3n) is 2.59. The quantitative estimate of drug-likeness (QED) is 0.541. The van der Waals surface area contributed by atoms with Crippen molar-refractivity contribution in [3.8, 4) is 5.75 Å². The van der Waals surface area contributed by atoms with Crippen LogP contribution in [0.25, 0.3) is 5.57 Å². The largest absolute Gasteiger partial charge is 0.465 e. The Kier molecular flexibility index (Phi) is 4.37. The summed E-state index contributed by atoms with van der Waals surface area (Å²) in [5.41, 5.74) is 2.28. The first-order chi connectivity index (χ1) is 8.90. The summed E-state index contributed by atoms with van der Waals surface area (Å²) in [5.74, 6) is 0.843. The number of para-hydroxylation sites is 1. The average molecular weight is 236 g/mol. The number of hydrogen-bond donors (Lipinski definition) is 0. The predicted octanol–water partition coefficient (Wildman–Crippen LogP) is 4.68. The highest BCUT2D eigenvalue weighted by Crippen LogP contribution is 2.19. The molecule has 0 aliphatic rings. The van der Waals surface area contributed by atoms with Crippen LogP contribution in [0, 0.1) is 0 Å². The van der Waals surface area contributed by atoms with Gasteiger partial charge in [0.25, 0.3) is 0 Å². The minimum Gasteiger partial charge on any atom is -0.465 e. The molecule has 0 saturated carbocycles. The van der Waals surface area contributed by atoms with Crippen molar-refractivity contribution < 1.29 is 4.74 Å². The molecule has 0 aromatic heterocycles. The Morgan fingerprint density at radius 1 is 0.944 bits per heavy atom. The topological polar surface area (TPSA) is 9.23 Å². The summed E-state index contributed by atoms with van der Waals surface area (Å²) in [6.07, 6.45) is 4.47. The molecular weight excluding hydrogens is 220 g/mol. The van der Waals surface area contributed by atoms with E-state index in [1.165, 1.54) is 0 Å². The molecule has 1 nitrogen and oxygen atoms in total. The number of ether oxygens (including phenoxy) is 1. The summed E-state index contributed by atoms with van der Waals surface area (Å²) in [5, 5.41) is 0. The normalized spacial score (nSPS) is 11.0. The second-order valence-electron chi connectivity index (χ2n) is 3.93. The summed E-state index contributed by atoms with van der Waals surface area (Å²) >= 11 is 0. The van der Waals surface area contributed by atoms with Gasteiger partial charge < -0.3 is 4.74 Å². The van der Waals surface area contributed by atoms with E-state index in [9.17, 15) is 0 Å². The van der Waals surface area contributed by atoms with E-state index in [-0.39, 0.29) is 0 Å². The van der Waals surface area contributed by atoms with Gasteiger partial charge in [0, 0.05) is 0 Å². The first-order valence-corrected chi connectivity index (χ1v) is 5.97. The van der Waals surface area contributed by atoms with Gasteiger partial charge in [-0.1, -0.05) is 54.6 Å². The van der Waals surface area contributed by atoms with Crippen LogP contribution in [0.5, 0.6) is 5.75 Å². The zero-order valence-corrected chi connectivity index (χ0v) is 10.3. The van der Waals surface area contributed by atoms with Crippen molar-refractivity contribution in [1.82, 2.24) is 0 Å². The van der Waals surface area contributed by atoms with Crippen LogP contribution in [0.3, 0.4) is 0 Å². The monoisotopic (exact) mass is 236 g/mol. The zero-order chi connectivity index (χ0) is 12.6. The highest BCUT2D eigenvalue weighted by Gasteiger charge is 1.99. The lowest BCUT2D eigenvalue weighted by Gasteiger charge is -2.06. The molecule has 0 heterocycles. The Hall–Kier alpha value is -2.28. The van der Waals surface area contributed by atoms with Crippen molar-refractivity contribution in [3.63, 3.8) is 0 Å². The molecule has 0 atom stereocenters. The van der Waals surface area contributed by atoms with Crippen LogP contribution >= 0.6 is 0 Å². The number of allylic oxidation sites excluding steroid dienone is 2. The van der Waals surface area contributed by atoms with Gasteiger partial charge in [0.15, 0.2) is 0 Å². The fourth-order valence-corrected chi connectivity index (χ4v) is 1.68. The van der Waals surface area contributed by atoms with E-state index in [2.05, 4.69) is 18.7 Å². The van der Waals surface area contributed by atoms with Crippen LogP contribution in [0.4, 0.5) is 0 Å². The summed E-state index contributed by atoms with van der Waals surface area (Å²) in [6.45, 7) is 3.78. The molecule has 0 unspecified atom stereocenters. The maximum absolute atomic E-state index is 5.67. The van der Waals surface area contributed by atoms with E-state index in [0.717, 1.165) is 23.3 Å². The summed E-state index contributed by atoms with van der Waals surface area (Å²) in [7, 11) is 0. The van der Waals surface area contributed by atoms with Crippen molar-refractivity contribution in [2.75, 3.05) is 0 Å². The Bertz CT molecular complexity index is 512. The molecule has 0 amide bonds. The van der Waals surface area contributed by atoms with Crippen LogP contribution in [-0.2, 0) is 0 Å². The molecule has 0 aliphatic heterocycles. The molecule has 1 heteroatoms. The number of hydrogen-bond acceptors (Lipinski definition) is 1. The minimum atomic E-state index is 0.789. The van der Waals surface area contributed by atoms with Gasteiger partial charge in [-0.05, 0) is 29.7 Å². The molecule has 0 spiro atoms. The van der Waals surface area contributed by atoms with Gasteiger partial charge in [-0.15, -0.1) is 6.58 Å². The Labute approximate surface area is 108 Å². The lowest BCUT2D eigenvalue weighted by Crippen LogP contribution is -1.88. The Morgan fingerprint density at radius 3 is 2.17 bits per heavy atom. The average Bonchev–Trinajstić information content (AvgIpc) is 2.45. The van der Waals surface area contributed by atoms with Crippen molar-refractivity contribution in [2.24, 2.45) is 0 Å². The zero-order valence-electron chi connectivity index (χ0n) is 10.3. The van der Waals surface area contributed by atoms with Gasteiger partial charge >= 0.3 is 0 Å². The predicted molar refractivity (Wildman–Crippen MR) is 76.3 cm³/mol. The third-order valence-corrected chi connectivity index (χ3v) is 2.59. The van der Waals surface area contributed by atoms with E-state index in [1.807, 2.05) is 54.6 Å². The summed E-state index contributed by atoms with van der Waals surface area (Å²) in [6, 6.07) is 20.0. The van der Waals surface area contributed by atoms with Crippen LogP contribution in [0.1, 0.15) is 12.0 Å². The number of benzene rings is 2. The van der Waals surface area contributed by atoms with E-state index >= 15 is 0 Å². The molecule has 2 rings (SSSR count). The molecule has 18 heavy (non-hydrogen) atoms.